The fourth-order valence-electron chi connectivity index (χ4n) is 4.81. The molecule has 1 aromatic heterocycles. The SMILES string of the molecule is CC(C)c1ccc(NC(=O)C2CCN(Cc3nc4ccccc4n3-c3ccc(F)cc3)CC2)cc1. The van der Waals surface area contributed by atoms with E-state index < -0.39 is 0 Å². The number of halogens is 1. The summed E-state index contributed by atoms with van der Waals surface area (Å²) in [6.45, 7) is 6.66. The Bertz CT molecular complexity index is 1300. The van der Waals surface area contributed by atoms with Gasteiger partial charge < -0.3 is 5.32 Å². The lowest BCUT2D eigenvalue weighted by molar-refractivity contribution is -0.121. The van der Waals surface area contributed by atoms with E-state index in [1.807, 2.05) is 36.4 Å². The van der Waals surface area contributed by atoms with Gasteiger partial charge in [0.05, 0.1) is 17.6 Å². The average Bonchev–Trinajstić information content (AvgIpc) is 3.23. The van der Waals surface area contributed by atoms with Gasteiger partial charge in [-0.1, -0.05) is 38.1 Å². The van der Waals surface area contributed by atoms with Crippen molar-refractivity contribution in [1.82, 2.24) is 14.5 Å². The number of nitrogens with one attached hydrogen (secondary N) is 1. The van der Waals surface area contributed by atoms with E-state index in [9.17, 15) is 9.18 Å². The number of fused-ring (bicyclic) bond motifs is 1. The number of hydrogen-bond acceptors (Lipinski definition) is 3. The topological polar surface area (TPSA) is 50.2 Å². The summed E-state index contributed by atoms with van der Waals surface area (Å²) in [5, 5.41) is 3.09. The summed E-state index contributed by atoms with van der Waals surface area (Å²) in [5.74, 6) is 1.25. The van der Waals surface area contributed by atoms with Crippen molar-refractivity contribution in [1.29, 1.82) is 0 Å². The first-order valence-corrected chi connectivity index (χ1v) is 12.3. The minimum absolute atomic E-state index is 0.00643. The number of para-hydroxylation sites is 2. The van der Waals surface area contributed by atoms with Crippen molar-refractivity contribution in [2.75, 3.05) is 18.4 Å². The van der Waals surface area contributed by atoms with Gasteiger partial charge in [-0.15, -0.1) is 0 Å². The highest BCUT2D eigenvalue weighted by Crippen LogP contribution is 2.26. The quantitative estimate of drug-likeness (QED) is 0.368. The predicted molar refractivity (Wildman–Crippen MR) is 138 cm³/mol. The van der Waals surface area contributed by atoms with Crippen LogP contribution >= 0.6 is 0 Å². The van der Waals surface area contributed by atoms with Crippen LogP contribution in [-0.2, 0) is 11.3 Å². The first kappa shape index (κ1) is 23.2. The Hall–Kier alpha value is -3.51. The van der Waals surface area contributed by atoms with E-state index in [2.05, 4.69) is 40.8 Å². The Kier molecular flexibility index (Phi) is 6.64. The monoisotopic (exact) mass is 470 g/mol. The van der Waals surface area contributed by atoms with Gasteiger partial charge in [0.25, 0.3) is 0 Å². The number of benzene rings is 3. The molecule has 2 heterocycles. The lowest BCUT2D eigenvalue weighted by atomic mass is 9.95. The molecular weight excluding hydrogens is 439 g/mol. The highest BCUT2D eigenvalue weighted by molar-refractivity contribution is 5.92. The molecule has 1 aliphatic heterocycles. The molecule has 5 rings (SSSR count). The molecule has 3 aromatic carbocycles. The molecule has 0 bridgehead atoms. The number of likely N-dealkylation sites (tertiary alicyclic amines) is 1. The Balaban J connectivity index is 1.25. The van der Waals surface area contributed by atoms with Crippen LogP contribution < -0.4 is 5.32 Å². The third kappa shape index (κ3) is 5.13. The minimum Gasteiger partial charge on any atom is -0.326 e. The van der Waals surface area contributed by atoms with Crippen LogP contribution in [0.25, 0.3) is 16.7 Å². The van der Waals surface area contributed by atoms with Crippen LogP contribution in [0.15, 0.2) is 72.8 Å². The molecule has 0 aliphatic carbocycles. The number of carbonyl (C=O) groups is 1. The lowest BCUT2D eigenvalue weighted by Gasteiger charge is -2.31. The highest BCUT2D eigenvalue weighted by Gasteiger charge is 2.26. The zero-order valence-corrected chi connectivity index (χ0v) is 20.2. The maximum absolute atomic E-state index is 13.5. The number of anilines is 1. The van der Waals surface area contributed by atoms with Gasteiger partial charge in [-0.25, -0.2) is 9.37 Å². The zero-order chi connectivity index (χ0) is 24.4. The van der Waals surface area contributed by atoms with Crippen LogP contribution in [0.3, 0.4) is 0 Å². The third-order valence-electron chi connectivity index (χ3n) is 6.88. The van der Waals surface area contributed by atoms with E-state index in [1.54, 1.807) is 12.1 Å². The van der Waals surface area contributed by atoms with Gasteiger partial charge in [0.1, 0.15) is 11.6 Å². The number of imidazole rings is 1. The fraction of sp³-hybridized carbons (Fsp3) is 0.310. The average molecular weight is 471 g/mol. The molecule has 0 unspecified atom stereocenters. The molecule has 0 spiro atoms. The van der Waals surface area contributed by atoms with Crippen molar-refractivity contribution in [2.24, 2.45) is 5.92 Å². The maximum atomic E-state index is 13.5. The summed E-state index contributed by atoms with van der Waals surface area (Å²) in [7, 11) is 0. The molecule has 1 amide bonds. The summed E-state index contributed by atoms with van der Waals surface area (Å²) >= 11 is 0. The van der Waals surface area contributed by atoms with Gasteiger partial charge in [-0.3, -0.25) is 14.3 Å². The van der Waals surface area contributed by atoms with Crippen molar-refractivity contribution < 1.29 is 9.18 Å². The van der Waals surface area contributed by atoms with Gasteiger partial charge >= 0.3 is 0 Å². The second kappa shape index (κ2) is 10.0. The summed E-state index contributed by atoms with van der Waals surface area (Å²) in [6.07, 6.45) is 1.62. The number of rotatable bonds is 6. The molecule has 4 aromatic rings. The molecule has 5 nitrogen and oxygen atoms in total. The van der Waals surface area contributed by atoms with Crippen LogP contribution in [0.5, 0.6) is 0 Å². The molecule has 1 N–H and O–H groups in total. The Morgan fingerprint density at radius 1 is 1.00 bits per heavy atom. The maximum Gasteiger partial charge on any atom is 0.227 e. The first-order valence-electron chi connectivity index (χ1n) is 12.3. The molecular formula is C29H31FN4O. The van der Waals surface area contributed by atoms with Crippen molar-refractivity contribution in [3.05, 3.63) is 90.0 Å². The fourth-order valence-corrected chi connectivity index (χ4v) is 4.81. The number of hydrogen-bond donors (Lipinski definition) is 1. The van der Waals surface area contributed by atoms with Gasteiger partial charge in [0.15, 0.2) is 0 Å². The number of nitrogens with zero attached hydrogens (tertiary/aromatic N) is 3. The minimum atomic E-state index is -0.254. The van der Waals surface area contributed by atoms with Gasteiger partial charge in [-0.05, 0) is 85.9 Å². The molecule has 6 heteroatoms. The van der Waals surface area contributed by atoms with Crippen LogP contribution in [0.1, 0.15) is 44.0 Å². The second-order valence-electron chi connectivity index (χ2n) is 9.64. The summed E-state index contributed by atoms with van der Waals surface area (Å²) in [4.78, 5) is 20.1. The zero-order valence-electron chi connectivity index (χ0n) is 20.2. The van der Waals surface area contributed by atoms with Gasteiger partial charge in [0.2, 0.25) is 5.91 Å². The highest BCUT2D eigenvalue weighted by atomic mass is 19.1. The van der Waals surface area contributed by atoms with Crippen molar-refractivity contribution in [3.63, 3.8) is 0 Å². The van der Waals surface area contributed by atoms with E-state index in [4.69, 9.17) is 4.98 Å². The van der Waals surface area contributed by atoms with E-state index in [0.717, 1.165) is 54.2 Å². The molecule has 0 saturated carbocycles. The largest absolute Gasteiger partial charge is 0.326 e. The normalized spacial score (nSPS) is 15.1. The number of amides is 1. The van der Waals surface area contributed by atoms with Crippen LogP contribution in [0.2, 0.25) is 0 Å². The smallest absolute Gasteiger partial charge is 0.227 e. The van der Waals surface area contributed by atoms with E-state index in [0.29, 0.717) is 12.5 Å². The molecule has 1 aliphatic rings. The molecule has 0 atom stereocenters. The summed E-state index contributed by atoms with van der Waals surface area (Å²) in [5.41, 5.74) is 4.95. The standard InChI is InChI=1S/C29H31FN4O/c1-20(2)21-7-11-24(12-8-21)31-29(35)22-15-17-33(18-16-22)19-28-32-26-5-3-4-6-27(26)34(28)25-13-9-23(30)10-14-25/h3-14,20,22H,15-19H2,1-2H3,(H,31,35). The van der Waals surface area contributed by atoms with Crippen molar-refractivity contribution in [3.8, 4) is 5.69 Å². The Labute approximate surface area is 205 Å². The van der Waals surface area contributed by atoms with Crippen LogP contribution in [0.4, 0.5) is 10.1 Å². The van der Waals surface area contributed by atoms with Crippen LogP contribution in [0, 0.1) is 11.7 Å². The molecule has 180 valence electrons. The van der Waals surface area contributed by atoms with Crippen molar-refractivity contribution in [2.45, 2.75) is 39.2 Å². The van der Waals surface area contributed by atoms with E-state index >= 15 is 0 Å². The van der Waals surface area contributed by atoms with Crippen LogP contribution in [-0.4, -0.2) is 33.4 Å². The Morgan fingerprint density at radius 3 is 2.37 bits per heavy atom. The number of piperidine rings is 1. The van der Waals surface area contributed by atoms with E-state index in [1.165, 1.54) is 17.7 Å². The van der Waals surface area contributed by atoms with Crippen molar-refractivity contribution >= 4 is 22.6 Å². The summed E-state index contributed by atoms with van der Waals surface area (Å²) < 4.78 is 15.6. The lowest BCUT2D eigenvalue weighted by Crippen LogP contribution is -2.38. The molecule has 35 heavy (non-hydrogen) atoms. The summed E-state index contributed by atoms with van der Waals surface area (Å²) in [6, 6.07) is 22.7. The van der Waals surface area contributed by atoms with E-state index in [-0.39, 0.29) is 17.6 Å². The molecule has 1 fully saturated rings. The first-order chi connectivity index (χ1) is 17.0. The number of carbonyl (C=O) groups excluding carboxylic acids is 1. The molecule has 1 saturated heterocycles. The number of aromatic nitrogens is 2. The molecule has 0 radical (unpaired) electrons. The Morgan fingerprint density at radius 2 is 1.69 bits per heavy atom. The second-order valence-corrected chi connectivity index (χ2v) is 9.64. The van der Waals surface area contributed by atoms with Gasteiger partial charge in [-0.2, -0.15) is 0 Å². The van der Waals surface area contributed by atoms with Gasteiger partial charge in [0, 0.05) is 17.3 Å². The third-order valence-corrected chi connectivity index (χ3v) is 6.88. The predicted octanol–water partition coefficient (Wildman–Crippen LogP) is 6.14.